The highest BCUT2D eigenvalue weighted by molar-refractivity contribution is 6.30. The first-order chi connectivity index (χ1) is 14.1. The third-order valence-corrected chi connectivity index (χ3v) is 5.00. The van der Waals surface area contributed by atoms with E-state index in [1.807, 2.05) is 42.5 Å². The van der Waals surface area contributed by atoms with E-state index >= 15 is 0 Å². The van der Waals surface area contributed by atoms with Crippen LogP contribution in [0.1, 0.15) is 6.42 Å². The summed E-state index contributed by atoms with van der Waals surface area (Å²) >= 11 is 5.92. The number of amides is 2. The molecule has 2 amide bonds. The number of nitrogens with one attached hydrogen (secondary N) is 1. The fraction of sp³-hybridized carbons (Fsp3) is 0.130. The second-order valence-corrected chi connectivity index (χ2v) is 7.22. The minimum atomic E-state index is -0.442. The van der Waals surface area contributed by atoms with Gasteiger partial charge >= 0.3 is 0 Å². The van der Waals surface area contributed by atoms with Crippen molar-refractivity contribution in [3.05, 3.63) is 83.9 Å². The van der Waals surface area contributed by atoms with Crippen molar-refractivity contribution in [3.8, 4) is 11.5 Å². The monoisotopic (exact) mass is 406 g/mol. The lowest BCUT2D eigenvalue weighted by Crippen LogP contribution is -2.28. The van der Waals surface area contributed by atoms with Crippen molar-refractivity contribution in [2.24, 2.45) is 5.92 Å². The van der Waals surface area contributed by atoms with Crippen LogP contribution in [0.2, 0.25) is 5.02 Å². The fourth-order valence-corrected chi connectivity index (χ4v) is 3.39. The number of hydrogen-bond acceptors (Lipinski definition) is 3. The van der Waals surface area contributed by atoms with Crippen LogP contribution in [0.4, 0.5) is 11.4 Å². The number of ether oxygens (including phenoxy) is 1. The van der Waals surface area contributed by atoms with Gasteiger partial charge in [-0.25, -0.2) is 0 Å². The van der Waals surface area contributed by atoms with E-state index in [9.17, 15) is 9.59 Å². The molecule has 146 valence electrons. The zero-order valence-corrected chi connectivity index (χ0v) is 16.3. The predicted octanol–water partition coefficient (Wildman–Crippen LogP) is 5.12. The van der Waals surface area contributed by atoms with E-state index in [0.717, 1.165) is 5.69 Å². The zero-order chi connectivity index (χ0) is 20.2. The van der Waals surface area contributed by atoms with Crippen molar-refractivity contribution < 1.29 is 14.3 Å². The van der Waals surface area contributed by atoms with Crippen LogP contribution in [0.15, 0.2) is 78.9 Å². The number of rotatable bonds is 5. The third-order valence-electron chi connectivity index (χ3n) is 4.75. The van der Waals surface area contributed by atoms with Gasteiger partial charge in [-0.15, -0.1) is 0 Å². The Kier molecular flexibility index (Phi) is 5.49. The van der Waals surface area contributed by atoms with Gasteiger partial charge in [0, 0.05) is 23.7 Å². The summed E-state index contributed by atoms with van der Waals surface area (Å²) in [7, 11) is 0. The lowest BCUT2D eigenvalue weighted by molar-refractivity contribution is -0.122. The molecule has 1 fully saturated rings. The number of carbonyl (C=O) groups excluding carboxylic acids is 2. The van der Waals surface area contributed by atoms with E-state index in [2.05, 4.69) is 5.32 Å². The number of carbonyl (C=O) groups is 2. The summed E-state index contributed by atoms with van der Waals surface area (Å²) in [5.41, 5.74) is 1.31. The topological polar surface area (TPSA) is 58.6 Å². The summed E-state index contributed by atoms with van der Waals surface area (Å²) in [6.45, 7) is 0.327. The maximum atomic E-state index is 12.8. The summed E-state index contributed by atoms with van der Waals surface area (Å²) in [6.07, 6.45) is 0.163. The lowest BCUT2D eigenvalue weighted by Gasteiger charge is -2.17. The van der Waals surface area contributed by atoms with E-state index < -0.39 is 5.92 Å². The second kappa shape index (κ2) is 8.37. The molecule has 6 heteroatoms. The molecule has 1 aliphatic heterocycles. The Balaban J connectivity index is 1.46. The maximum absolute atomic E-state index is 12.8. The van der Waals surface area contributed by atoms with Gasteiger partial charge in [0.15, 0.2) is 5.75 Å². The van der Waals surface area contributed by atoms with Crippen molar-refractivity contribution in [3.63, 3.8) is 0 Å². The largest absolute Gasteiger partial charge is 0.455 e. The smallest absolute Gasteiger partial charge is 0.229 e. The Morgan fingerprint density at radius 2 is 1.66 bits per heavy atom. The fourth-order valence-electron chi connectivity index (χ4n) is 3.26. The molecule has 0 aliphatic carbocycles. The molecule has 0 spiro atoms. The Morgan fingerprint density at radius 1 is 0.966 bits per heavy atom. The van der Waals surface area contributed by atoms with E-state index in [-0.39, 0.29) is 18.2 Å². The Hall–Kier alpha value is -3.31. The highest BCUT2D eigenvalue weighted by Gasteiger charge is 2.35. The Labute approximate surface area is 173 Å². The average molecular weight is 407 g/mol. The molecule has 1 atom stereocenters. The molecular formula is C23H19ClN2O3. The summed E-state index contributed by atoms with van der Waals surface area (Å²) in [4.78, 5) is 26.9. The second-order valence-electron chi connectivity index (χ2n) is 6.78. The standard InChI is InChI=1S/C23H19ClN2O3/c24-17-10-12-18(13-11-17)26-15-16(14-22(26)27)23(28)25-20-8-4-5-9-21(20)29-19-6-2-1-3-7-19/h1-13,16H,14-15H2,(H,25,28). The van der Waals surface area contributed by atoms with Crippen LogP contribution in [0.25, 0.3) is 0 Å². The van der Waals surface area contributed by atoms with Crippen LogP contribution in [0.3, 0.4) is 0 Å². The zero-order valence-electron chi connectivity index (χ0n) is 15.5. The number of anilines is 2. The molecule has 1 saturated heterocycles. The van der Waals surface area contributed by atoms with Gasteiger partial charge in [0.25, 0.3) is 0 Å². The van der Waals surface area contributed by atoms with Crippen molar-refractivity contribution in [1.29, 1.82) is 0 Å². The van der Waals surface area contributed by atoms with Crippen LogP contribution in [-0.4, -0.2) is 18.4 Å². The van der Waals surface area contributed by atoms with E-state index in [4.69, 9.17) is 16.3 Å². The van der Waals surface area contributed by atoms with E-state index in [1.165, 1.54) is 0 Å². The molecule has 0 bridgehead atoms. The highest BCUT2D eigenvalue weighted by Crippen LogP contribution is 2.31. The maximum Gasteiger partial charge on any atom is 0.229 e. The van der Waals surface area contributed by atoms with Crippen LogP contribution < -0.4 is 15.0 Å². The van der Waals surface area contributed by atoms with E-state index in [0.29, 0.717) is 28.8 Å². The van der Waals surface area contributed by atoms with Crippen molar-refractivity contribution in [1.82, 2.24) is 0 Å². The molecule has 1 heterocycles. The SMILES string of the molecule is O=C(Nc1ccccc1Oc1ccccc1)C1CC(=O)N(c2ccc(Cl)cc2)C1. The first-order valence-electron chi connectivity index (χ1n) is 9.29. The van der Waals surface area contributed by atoms with Gasteiger partial charge in [0.05, 0.1) is 11.6 Å². The number of para-hydroxylation sites is 3. The summed E-state index contributed by atoms with van der Waals surface area (Å²) in [5.74, 6) is 0.494. The first kappa shape index (κ1) is 19.0. The van der Waals surface area contributed by atoms with Crippen molar-refractivity contribution in [2.75, 3.05) is 16.8 Å². The molecule has 29 heavy (non-hydrogen) atoms. The van der Waals surface area contributed by atoms with Gasteiger partial charge in [-0.3, -0.25) is 9.59 Å². The Morgan fingerprint density at radius 3 is 2.41 bits per heavy atom. The molecule has 4 rings (SSSR count). The molecule has 3 aromatic carbocycles. The van der Waals surface area contributed by atoms with Gasteiger partial charge < -0.3 is 15.0 Å². The molecule has 0 radical (unpaired) electrons. The number of halogens is 1. The molecule has 0 saturated carbocycles. The molecule has 1 N–H and O–H groups in total. The summed E-state index contributed by atoms with van der Waals surface area (Å²) < 4.78 is 5.89. The Bertz CT molecular complexity index is 1020. The van der Waals surface area contributed by atoms with Crippen LogP contribution in [-0.2, 0) is 9.59 Å². The van der Waals surface area contributed by atoms with E-state index in [1.54, 1.807) is 41.3 Å². The van der Waals surface area contributed by atoms with Gasteiger partial charge in [-0.1, -0.05) is 41.9 Å². The summed E-state index contributed by atoms with van der Waals surface area (Å²) in [5, 5.41) is 3.51. The molecule has 0 aromatic heterocycles. The third kappa shape index (κ3) is 4.41. The molecule has 1 aliphatic rings. The molecule has 3 aromatic rings. The minimum absolute atomic E-state index is 0.0821. The quantitative estimate of drug-likeness (QED) is 0.639. The van der Waals surface area contributed by atoms with Crippen molar-refractivity contribution in [2.45, 2.75) is 6.42 Å². The first-order valence-corrected chi connectivity index (χ1v) is 9.67. The normalized spacial score (nSPS) is 16.0. The van der Waals surface area contributed by atoms with Gasteiger partial charge in [0.1, 0.15) is 5.75 Å². The minimum Gasteiger partial charge on any atom is -0.455 e. The highest BCUT2D eigenvalue weighted by atomic mass is 35.5. The van der Waals surface area contributed by atoms with Gasteiger partial charge in [-0.05, 0) is 48.5 Å². The lowest BCUT2D eigenvalue weighted by atomic mass is 10.1. The average Bonchev–Trinajstić information content (AvgIpc) is 3.13. The molecule has 5 nitrogen and oxygen atoms in total. The molecule has 1 unspecified atom stereocenters. The predicted molar refractivity (Wildman–Crippen MR) is 113 cm³/mol. The summed E-state index contributed by atoms with van der Waals surface area (Å²) in [6, 6.07) is 23.6. The van der Waals surface area contributed by atoms with Crippen LogP contribution >= 0.6 is 11.6 Å². The number of hydrogen-bond donors (Lipinski definition) is 1. The van der Waals surface area contributed by atoms with Crippen LogP contribution in [0.5, 0.6) is 11.5 Å². The number of benzene rings is 3. The molecular weight excluding hydrogens is 388 g/mol. The van der Waals surface area contributed by atoms with Gasteiger partial charge in [0.2, 0.25) is 11.8 Å². The van der Waals surface area contributed by atoms with Gasteiger partial charge in [-0.2, -0.15) is 0 Å². The number of nitrogens with zero attached hydrogens (tertiary/aromatic N) is 1. The van der Waals surface area contributed by atoms with Crippen LogP contribution in [0, 0.1) is 5.92 Å². The van der Waals surface area contributed by atoms with Crippen molar-refractivity contribution >= 4 is 34.8 Å².